The molecule has 0 unspecified atom stereocenters. The molecule has 0 saturated carbocycles. The van der Waals surface area contributed by atoms with Crippen molar-refractivity contribution in [1.29, 1.82) is 0 Å². The quantitative estimate of drug-likeness (QED) is 0.750. The number of hydrogen-bond donors (Lipinski definition) is 1. The van der Waals surface area contributed by atoms with Gasteiger partial charge in [0, 0.05) is 10.4 Å². The first-order valence-corrected chi connectivity index (χ1v) is 8.09. The molecule has 0 atom stereocenters. The molecule has 2 aromatic rings. The smallest absolute Gasteiger partial charge is 0.337 e. The maximum atomic E-state index is 11.5. The van der Waals surface area contributed by atoms with Gasteiger partial charge in [-0.25, -0.2) is 4.79 Å². The van der Waals surface area contributed by atoms with Crippen LogP contribution in [0.25, 0.3) is 11.6 Å². The highest BCUT2D eigenvalue weighted by atomic mass is 35.5. The highest BCUT2D eigenvalue weighted by molar-refractivity contribution is 7.17. The van der Waals surface area contributed by atoms with Crippen molar-refractivity contribution in [1.82, 2.24) is 0 Å². The van der Waals surface area contributed by atoms with Gasteiger partial charge in [-0.05, 0) is 30.2 Å². The normalized spacial score (nSPS) is 11.7. The predicted molar refractivity (Wildman–Crippen MR) is 91.6 cm³/mol. The Labute approximate surface area is 138 Å². The van der Waals surface area contributed by atoms with Crippen LogP contribution in [0.2, 0.25) is 4.34 Å². The molecule has 116 valence electrons. The number of carbonyl (C=O) groups is 1. The lowest BCUT2D eigenvalue weighted by Gasteiger charge is -2.11. The van der Waals surface area contributed by atoms with E-state index in [2.05, 4.69) is 13.8 Å². The molecule has 1 aromatic carbocycles. The minimum absolute atomic E-state index is 0.206. The molecule has 0 radical (unpaired) electrons. The molecule has 0 spiro atoms. The number of aliphatic carboxylic acids is 1. The molecule has 0 saturated heterocycles. The van der Waals surface area contributed by atoms with E-state index in [0.29, 0.717) is 27.5 Å². The van der Waals surface area contributed by atoms with Crippen LogP contribution in [0.1, 0.15) is 24.3 Å². The number of para-hydroxylation sites is 1. The van der Waals surface area contributed by atoms with E-state index in [0.717, 1.165) is 5.56 Å². The van der Waals surface area contributed by atoms with Gasteiger partial charge < -0.3 is 9.84 Å². The van der Waals surface area contributed by atoms with Gasteiger partial charge in [-0.2, -0.15) is 0 Å². The number of halogens is 1. The Balaban J connectivity index is 2.38. The zero-order chi connectivity index (χ0) is 16.1. The van der Waals surface area contributed by atoms with Crippen LogP contribution in [0.5, 0.6) is 5.75 Å². The highest BCUT2D eigenvalue weighted by Crippen LogP contribution is 2.31. The summed E-state index contributed by atoms with van der Waals surface area (Å²) >= 11 is 7.14. The van der Waals surface area contributed by atoms with E-state index >= 15 is 0 Å². The van der Waals surface area contributed by atoms with Crippen LogP contribution in [0.4, 0.5) is 0 Å². The van der Waals surface area contributed by atoms with Crippen LogP contribution < -0.4 is 4.74 Å². The summed E-state index contributed by atoms with van der Waals surface area (Å²) in [5.41, 5.74) is 0.947. The fraction of sp³-hybridized carbons (Fsp3) is 0.235. The number of carboxylic acid groups (broad SMARTS) is 1. The Morgan fingerprint density at radius 3 is 2.64 bits per heavy atom. The zero-order valence-corrected chi connectivity index (χ0v) is 13.9. The van der Waals surface area contributed by atoms with Crippen LogP contribution >= 0.6 is 22.9 Å². The molecular weight excluding hydrogens is 320 g/mol. The Morgan fingerprint density at radius 2 is 2.05 bits per heavy atom. The summed E-state index contributed by atoms with van der Waals surface area (Å²) in [5, 5.41) is 9.46. The molecule has 0 aliphatic rings. The molecule has 1 N–H and O–H groups in total. The molecule has 22 heavy (non-hydrogen) atoms. The monoisotopic (exact) mass is 336 g/mol. The molecular formula is C17H17ClO3S. The Kier molecular flexibility index (Phi) is 5.63. The SMILES string of the molecule is CC(C)COc1ccccc1/C=C(\C(=O)O)c1ccc(Cl)s1. The van der Waals surface area contributed by atoms with Gasteiger partial charge >= 0.3 is 5.97 Å². The molecule has 3 nitrogen and oxygen atoms in total. The van der Waals surface area contributed by atoms with Gasteiger partial charge in [0.05, 0.1) is 16.5 Å². The molecule has 1 heterocycles. The van der Waals surface area contributed by atoms with Gasteiger partial charge in [0.2, 0.25) is 0 Å². The van der Waals surface area contributed by atoms with E-state index in [1.807, 2.05) is 24.3 Å². The number of hydrogen-bond acceptors (Lipinski definition) is 3. The van der Waals surface area contributed by atoms with Crippen molar-refractivity contribution in [2.24, 2.45) is 5.92 Å². The van der Waals surface area contributed by atoms with Crippen molar-refractivity contribution < 1.29 is 14.6 Å². The predicted octanol–water partition coefficient (Wildman–Crippen LogP) is 5.06. The number of rotatable bonds is 6. The number of carboxylic acids is 1. The van der Waals surface area contributed by atoms with E-state index < -0.39 is 5.97 Å². The average molecular weight is 337 g/mol. The second kappa shape index (κ2) is 7.47. The molecule has 0 fully saturated rings. The minimum Gasteiger partial charge on any atom is -0.493 e. The second-order valence-corrected chi connectivity index (χ2v) is 6.92. The van der Waals surface area contributed by atoms with E-state index in [1.54, 1.807) is 18.2 Å². The van der Waals surface area contributed by atoms with Gasteiger partial charge in [0.1, 0.15) is 5.75 Å². The Bertz CT molecular complexity index is 689. The third kappa shape index (κ3) is 4.36. The van der Waals surface area contributed by atoms with Crippen molar-refractivity contribution in [2.45, 2.75) is 13.8 Å². The summed E-state index contributed by atoms with van der Waals surface area (Å²) in [6, 6.07) is 10.8. The molecule has 2 rings (SSSR count). The third-order valence-electron chi connectivity index (χ3n) is 2.86. The van der Waals surface area contributed by atoms with Crippen LogP contribution in [0.3, 0.4) is 0 Å². The number of benzene rings is 1. The Morgan fingerprint density at radius 1 is 1.32 bits per heavy atom. The van der Waals surface area contributed by atoms with Crippen LogP contribution in [-0.2, 0) is 4.79 Å². The minimum atomic E-state index is -0.989. The van der Waals surface area contributed by atoms with Crippen molar-refractivity contribution >= 4 is 40.6 Å². The lowest BCUT2D eigenvalue weighted by molar-refractivity contribution is -0.130. The second-order valence-electron chi connectivity index (χ2n) is 5.21. The summed E-state index contributed by atoms with van der Waals surface area (Å²) in [6.45, 7) is 4.71. The first-order chi connectivity index (χ1) is 10.5. The van der Waals surface area contributed by atoms with Crippen molar-refractivity contribution in [3.8, 4) is 5.75 Å². The molecule has 0 bridgehead atoms. The van der Waals surface area contributed by atoms with Crippen molar-refractivity contribution in [2.75, 3.05) is 6.61 Å². The van der Waals surface area contributed by atoms with Gasteiger partial charge in [-0.3, -0.25) is 0 Å². The maximum absolute atomic E-state index is 11.5. The van der Waals surface area contributed by atoms with E-state index in [4.69, 9.17) is 16.3 Å². The van der Waals surface area contributed by atoms with Gasteiger partial charge in [-0.1, -0.05) is 43.6 Å². The van der Waals surface area contributed by atoms with Gasteiger partial charge in [0.15, 0.2) is 0 Å². The molecule has 5 heteroatoms. The summed E-state index contributed by atoms with van der Waals surface area (Å²) in [7, 11) is 0. The van der Waals surface area contributed by atoms with Gasteiger partial charge in [-0.15, -0.1) is 11.3 Å². The largest absolute Gasteiger partial charge is 0.493 e. The van der Waals surface area contributed by atoms with Crippen LogP contribution in [-0.4, -0.2) is 17.7 Å². The summed E-state index contributed by atoms with van der Waals surface area (Å²) in [5.74, 6) is 0.0851. The Hall–Kier alpha value is -1.78. The van der Waals surface area contributed by atoms with Crippen LogP contribution in [0, 0.1) is 5.92 Å². The average Bonchev–Trinajstić information content (AvgIpc) is 2.89. The van der Waals surface area contributed by atoms with E-state index in [9.17, 15) is 9.90 Å². The van der Waals surface area contributed by atoms with E-state index in [-0.39, 0.29) is 5.57 Å². The fourth-order valence-electron chi connectivity index (χ4n) is 1.84. The zero-order valence-electron chi connectivity index (χ0n) is 12.4. The van der Waals surface area contributed by atoms with Crippen molar-refractivity contribution in [3.63, 3.8) is 0 Å². The standard InChI is InChI=1S/C17H17ClO3S/c1-11(2)10-21-14-6-4-3-5-12(14)9-13(17(19)20)15-7-8-16(18)22-15/h3-9,11H,10H2,1-2H3,(H,19,20)/b13-9-. The molecule has 0 amide bonds. The summed E-state index contributed by atoms with van der Waals surface area (Å²) in [6.07, 6.45) is 1.63. The summed E-state index contributed by atoms with van der Waals surface area (Å²) in [4.78, 5) is 12.2. The first kappa shape index (κ1) is 16.6. The fourth-order valence-corrected chi connectivity index (χ4v) is 2.89. The highest BCUT2D eigenvalue weighted by Gasteiger charge is 2.14. The lowest BCUT2D eigenvalue weighted by Crippen LogP contribution is -2.05. The van der Waals surface area contributed by atoms with Crippen LogP contribution in [0.15, 0.2) is 36.4 Å². The number of thiophene rings is 1. The number of ether oxygens (including phenoxy) is 1. The molecule has 0 aliphatic heterocycles. The van der Waals surface area contributed by atoms with E-state index in [1.165, 1.54) is 11.3 Å². The lowest BCUT2D eigenvalue weighted by atomic mass is 10.1. The van der Waals surface area contributed by atoms with Crippen molar-refractivity contribution in [3.05, 3.63) is 51.2 Å². The maximum Gasteiger partial charge on any atom is 0.337 e. The third-order valence-corrected chi connectivity index (χ3v) is 4.12. The first-order valence-electron chi connectivity index (χ1n) is 6.90. The topological polar surface area (TPSA) is 46.5 Å². The molecule has 1 aromatic heterocycles. The summed E-state index contributed by atoms with van der Waals surface area (Å²) < 4.78 is 6.32. The van der Waals surface area contributed by atoms with Gasteiger partial charge in [0.25, 0.3) is 0 Å². The molecule has 0 aliphatic carbocycles.